The maximum absolute atomic E-state index is 9.80. The van der Waals surface area contributed by atoms with Gasteiger partial charge in [-0.05, 0) is 32.1 Å². The second-order valence-corrected chi connectivity index (χ2v) is 5.84. The number of hydrogen-bond donors (Lipinski definition) is 2. The summed E-state index contributed by atoms with van der Waals surface area (Å²) in [6.07, 6.45) is 19.3. The second kappa shape index (κ2) is 16.7. The number of hydrogen-bond acceptors (Lipinski definition) is 2. The van der Waals surface area contributed by atoms with Crippen LogP contribution in [0.25, 0.3) is 0 Å². The van der Waals surface area contributed by atoms with Gasteiger partial charge in [-0.2, -0.15) is 0 Å². The Morgan fingerprint density at radius 3 is 2.20 bits per heavy atom. The van der Waals surface area contributed by atoms with Crippen LogP contribution in [0.1, 0.15) is 90.4 Å². The van der Waals surface area contributed by atoms with E-state index >= 15 is 0 Å². The molecule has 120 valence electrons. The number of rotatable bonds is 15. The monoisotopic (exact) mass is 284 g/mol. The summed E-state index contributed by atoms with van der Waals surface area (Å²) in [5.41, 5.74) is 0. The first-order valence-corrected chi connectivity index (χ1v) is 8.75. The summed E-state index contributed by atoms with van der Waals surface area (Å²) < 4.78 is 0. The molecule has 0 aromatic heterocycles. The Labute approximate surface area is 126 Å². The highest BCUT2D eigenvalue weighted by atomic mass is 16.3. The maximum atomic E-state index is 9.80. The molecule has 1 atom stereocenters. The first-order chi connectivity index (χ1) is 9.81. The van der Waals surface area contributed by atoms with E-state index < -0.39 is 0 Å². The van der Waals surface area contributed by atoms with E-state index in [0.29, 0.717) is 6.61 Å². The molecule has 2 heteroatoms. The Hall–Kier alpha value is -0.340. The molecule has 0 saturated carbocycles. The average Bonchev–Trinajstić information content (AvgIpc) is 2.45. The molecule has 0 aromatic rings. The van der Waals surface area contributed by atoms with Gasteiger partial charge in [0.2, 0.25) is 0 Å². The van der Waals surface area contributed by atoms with E-state index in [0.717, 1.165) is 44.9 Å². The van der Waals surface area contributed by atoms with Crippen molar-refractivity contribution in [3.05, 3.63) is 12.2 Å². The van der Waals surface area contributed by atoms with Crippen LogP contribution >= 0.6 is 0 Å². The van der Waals surface area contributed by atoms with Gasteiger partial charge in [0.15, 0.2) is 0 Å². The first kappa shape index (κ1) is 19.7. The quantitative estimate of drug-likeness (QED) is 0.328. The summed E-state index contributed by atoms with van der Waals surface area (Å²) in [7, 11) is 0. The minimum Gasteiger partial charge on any atom is -0.396 e. The van der Waals surface area contributed by atoms with Gasteiger partial charge < -0.3 is 10.2 Å². The molecular weight excluding hydrogens is 248 g/mol. The molecule has 1 unspecified atom stereocenters. The lowest BCUT2D eigenvalue weighted by molar-refractivity contribution is 0.163. The van der Waals surface area contributed by atoms with Crippen LogP contribution in [0.2, 0.25) is 0 Å². The van der Waals surface area contributed by atoms with E-state index in [9.17, 15) is 5.11 Å². The molecule has 0 heterocycles. The van der Waals surface area contributed by atoms with Crippen molar-refractivity contribution < 1.29 is 10.2 Å². The smallest absolute Gasteiger partial charge is 0.0574 e. The lowest BCUT2D eigenvalue weighted by atomic mass is 10.1. The molecular formula is C18H36O2. The lowest BCUT2D eigenvalue weighted by Gasteiger charge is -2.07. The molecule has 0 spiro atoms. The largest absolute Gasteiger partial charge is 0.396 e. The van der Waals surface area contributed by atoms with Crippen molar-refractivity contribution in [3.63, 3.8) is 0 Å². The van der Waals surface area contributed by atoms with Crippen molar-refractivity contribution in [1.82, 2.24) is 0 Å². The molecule has 0 aromatic carbocycles. The van der Waals surface area contributed by atoms with E-state index in [1.165, 1.54) is 38.5 Å². The Morgan fingerprint density at radius 2 is 1.45 bits per heavy atom. The summed E-state index contributed by atoms with van der Waals surface area (Å²) in [6, 6.07) is 0. The van der Waals surface area contributed by atoms with Crippen molar-refractivity contribution in [2.24, 2.45) is 0 Å². The standard InChI is InChI=1S/C18H36O2/c1-2-3-4-5-6-7-8-9-12-15-18(20)16-13-10-11-14-17-19/h9,12,18-20H,2-8,10-11,13-17H2,1H3. The Kier molecular flexibility index (Phi) is 16.4. The van der Waals surface area contributed by atoms with Gasteiger partial charge in [-0.1, -0.05) is 70.4 Å². The first-order valence-electron chi connectivity index (χ1n) is 8.75. The van der Waals surface area contributed by atoms with E-state index in [1.807, 2.05) is 0 Å². The Balaban J connectivity index is 3.23. The van der Waals surface area contributed by atoms with Crippen LogP contribution in [-0.2, 0) is 0 Å². The third-order valence-corrected chi connectivity index (χ3v) is 3.74. The number of allylic oxidation sites excluding steroid dienone is 1. The van der Waals surface area contributed by atoms with Gasteiger partial charge in [-0.25, -0.2) is 0 Å². The van der Waals surface area contributed by atoms with Gasteiger partial charge in [0.25, 0.3) is 0 Å². The van der Waals surface area contributed by atoms with Gasteiger partial charge >= 0.3 is 0 Å². The molecule has 0 bridgehead atoms. The van der Waals surface area contributed by atoms with E-state index in [4.69, 9.17) is 5.11 Å². The van der Waals surface area contributed by atoms with E-state index in [1.54, 1.807) is 0 Å². The summed E-state index contributed by atoms with van der Waals surface area (Å²) in [5.74, 6) is 0. The zero-order valence-corrected chi connectivity index (χ0v) is 13.5. The molecule has 2 N–H and O–H groups in total. The van der Waals surface area contributed by atoms with Crippen molar-refractivity contribution in [2.75, 3.05) is 6.61 Å². The summed E-state index contributed by atoms with van der Waals surface area (Å²) >= 11 is 0. The van der Waals surface area contributed by atoms with Crippen LogP contribution in [0.15, 0.2) is 12.2 Å². The third kappa shape index (κ3) is 15.7. The topological polar surface area (TPSA) is 40.5 Å². The van der Waals surface area contributed by atoms with Gasteiger partial charge in [0.05, 0.1) is 6.10 Å². The second-order valence-electron chi connectivity index (χ2n) is 5.84. The fourth-order valence-electron chi connectivity index (χ4n) is 2.38. The molecule has 0 aliphatic rings. The number of unbranched alkanes of at least 4 members (excludes halogenated alkanes) is 9. The van der Waals surface area contributed by atoms with Gasteiger partial charge in [0, 0.05) is 6.61 Å². The van der Waals surface area contributed by atoms with Crippen LogP contribution in [0.5, 0.6) is 0 Å². The molecule has 0 aliphatic carbocycles. The van der Waals surface area contributed by atoms with E-state index in [-0.39, 0.29) is 6.10 Å². The Bertz CT molecular complexity index is 202. The van der Waals surface area contributed by atoms with Gasteiger partial charge in [-0.3, -0.25) is 0 Å². The fraction of sp³-hybridized carbons (Fsp3) is 0.889. The Morgan fingerprint density at radius 1 is 0.800 bits per heavy atom. The molecule has 0 amide bonds. The molecule has 0 rings (SSSR count). The fourth-order valence-corrected chi connectivity index (χ4v) is 2.38. The van der Waals surface area contributed by atoms with Crippen LogP contribution < -0.4 is 0 Å². The molecule has 0 aliphatic heterocycles. The van der Waals surface area contributed by atoms with Crippen molar-refractivity contribution in [1.29, 1.82) is 0 Å². The van der Waals surface area contributed by atoms with E-state index in [2.05, 4.69) is 19.1 Å². The van der Waals surface area contributed by atoms with Crippen molar-refractivity contribution >= 4 is 0 Å². The maximum Gasteiger partial charge on any atom is 0.0574 e. The molecule has 0 saturated heterocycles. The summed E-state index contributed by atoms with van der Waals surface area (Å²) in [5, 5.41) is 18.5. The van der Waals surface area contributed by atoms with Crippen molar-refractivity contribution in [2.45, 2.75) is 96.5 Å². The summed E-state index contributed by atoms with van der Waals surface area (Å²) in [6.45, 7) is 2.55. The van der Waals surface area contributed by atoms with Crippen LogP contribution in [0.3, 0.4) is 0 Å². The van der Waals surface area contributed by atoms with Crippen LogP contribution in [-0.4, -0.2) is 22.9 Å². The van der Waals surface area contributed by atoms with Gasteiger partial charge in [0.1, 0.15) is 0 Å². The minimum atomic E-state index is -0.176. The summed E-state index contributed by atoms with van der Waals surface area (Å²) in [4.78, 5) is 0. The highest BCUT2D eigenvalue weighted by Gasteiger charge is 2.00. The number of aliphatic hydroxyl groups is 2. The molecule has 0 fully saturated rings. The zero-order chi connectivity index (χ0) is 14.9. The van der Waals surface area contributed by atoms with Crippen LogP contribution in [0.4, 0.5) is 0 Å². The average molecular weight is 284 g/mol. The molecule has 0 radical (unpaired) electrons. The third-order valence-electron chi connectivity index (χ3n) is 3.74. The molecule has 20 heavy (non-hydrogen) atoms. The SMILES string of the molecule is CCCCCCCCC=CCC(O)CCCCCCO. The number of aliphatic hydroxyl groups excluding tert-OH is 2. The predicted molar refractivity (Wildman–Crippen MR) is 87.9 cm³/mol. The van der Waals surface area contributed by atoms with Crippen molar-refractivity contribution in [3.8, 4) is 0 Å². The highest BCUT2D eigenvalue weighted by molar-refractivity contribution is 4.83. The van der Waals surface area contributed by atoms with Crippen LogP contribution in [0, 0.1) is 0 Å². The normalized spacial score (nSPS) is 13.2. The zero-order valence-electron chi connectivity index (χ0n) is 13.5. The predicted octanol–water partition coefficient (Wildman–Crippen LogP) is 4.99. The minimum absolute atomic E-state index is 0.176. The highest BCUT2D eigenvalue weighted by Crippen LogP contribution is 2.10. The van der Waals surface area contributed by atoms with Gasteiger partial charge in [-0.15, -0.1) is 0 Å². The lowest BCUT2D eigenvalue weighted by Crippen LogP contribution is -2.04. The molecule has 2 nitrogen and oxygen atoms in total.